The number of imide groups is 1. The van der Waals surface area contributed by atoms with Gasteiger partial charge in [0.25, 0.3) is 0 Å². The minimum atomic E-state index is -0.0917. The standard InChI is InChI=1S/C24H30N4O2.HI/c1-25-24(27-14-18-13-19(18)15-6-3-2-4-7-15)26-10-5-11-28-22(29)20-16-8-9-17(12-16)21(20)23(28)30;/h2-4,6-9,16-21H,5,10-14H2,1H3,(H2,25,26,27);1H. The predicted molar refractivity (Wildman–Crippen MR) is 131 cm³/mol. The van der Waals surface area contributed by atoms with Gasteiger partial charge < -0.3 is 10.6 Å². The number of amides is 2. The van der Waals surface area contributed by atoms with Gasteiger partial charge in [-0.3, -0.25) is 19.5 Å². The molecule has 2 bridgehead atoms. The van der Waals surface area contributed by atoms with Crippen molar-refractivity contribution in [3.05, 3.63) is 48.0 Å². The van der Waals surface area contributed by atoms with Crippen LogP contribution in [0.3, 0.4) is 0 Å². The molecule has 4 aliphatic rings. The molecular formula is C24H31IN4O2. The van der Waals surface area contributed by atoms with Crippen LogP contribution < -0.4 is 10.6 Å². The minimum Gasteiger partial charge on any atom is -0.356 e. The Morgan fingerprint density at radius 3 is 2.35 bits per heavy atom. The number of rotatable bonds is 7. The Bertz CT molecular complexity index is 857. The quantitative estimate of drug-likeness (QED) is 0.141. The maximum absolute atomic E-state index is 12.7. The maximum atomic E-state index is 12.7. The zero-order valence-corrected chi connectivity index (χ0v) is 20.2. The second kappa shape index (κ2) is 9.30. The van der Waals surface area contributed by atoms with Gasteiger partial charge in [0, 0.05) is 26.7 Å². The number of allylic oxidation sites excluding steroid dienone is 2. The summed E-state index contributed by atoms with van der Waals surface area (Å²) in [6.07, 6.45) is 7.21. The van der Waals surface area contributed by atoms with Crippen molar-refractivity contribution in [1.29, 1.82) is 0 Å². The van der Waals surface area contributed by atoms with Crippen molar-refractivity contribution >= 4 is 41.8 Å². The third kappa shape index (κ3) is 4.25. The molecule has 31 heavy (non-hydrogen) atoms. The van der Waals surface area contributed by atoms with Crippen molar-refractivity contribution in [3.8, 4) is 0 Å². The Morgan fingerprint density at radius 1 is 1.03 bits per heavy atom. The molecule has 2 saturated carbocycles. The van der Waals surface area contributed by atoms with Crippen molar-refractivity contribution < 1.29 is 9.59 Å². The van der Waals surface area contributed by atoms with Gasteiger partial charge in [0.15, 0.2) is 5.96 Å². The molecule has 6 unspecified atom stereocenters. The van der Waals surface area contributed by atoms with E-state index in [-0.39, 0.29) is 59.5 Å². The SMILES string of the molecule is CN=C(NCCCN1C(=O)C2C3C=CC(C3)C2C1=O)NCC1CC1c1ccccc1.I. The van der Waals surface area contributed by atoms with Crippen molar-refractivity contribution in [1.82, 2.24) is 15.5 Å². The maximum Gasteiger partial charge on any atom is 0.233 e. The summed E-state index contributed by atoms with van der Waals surface area (Å²) in [4.78, 5) is 31.2. The van der Waals surface area contributed by atoms with E-state index in [1.165, 1.54) is 16.9 Å². The van der Waals surface area contributed by atoms with E-state index in [2.05, 4.69) is 58.1 Å². The molecule has 6 atom stereocenters. The van der Waals surface area contributed by atoms with E-state index in [0.717, 1.165) is 25.3 Å². The Kier molecular flexibility index (Phi) is 6.69. The molecule has 6 nitrogen and oxygen atoms in total. The highest BCUT2D eigenvalue weighted by Gasteiger charge is 2.58. The molecule has 5 rings (SSSR count). The van der Waals surface area contributed by atoms with Crippen LogP contribution in [0.2, 0.25) is 0 Å². The van der Waals surface area contributed by atoms with Crippen LogP contribution in [0, 0.1) is 29.6 Å². The molecule has 0 aromatic heterocycles. The normalized spacial score (nSPS) is 32.8. The summed E-state index contributed by atoms with van der Waals surface area (Å²) < 4.78 is 0. The summed E-state index contributed by atoms with van der Waals surface area (Å²) in [5, 5.41) is 6.73. The van der Waals surface area contributed by atoms with E-state index in [9.17, 15) is 9.59 Å². The Morgan fingerprint density at radius 2 is 1.71 bits per heavy atom. The van der Waals surface area contributed by atoms with E-state index in [4.69, 9.17) is 0 Å². The molecule has 166 valence electrons. The molecule has 2 N–H and O–H groups in total. The number of likely N-dealkylation sites (tertiary alicyclic amines) is 1. The summed E-state index contributed by atoms with van der Waals surface area (Å²) in [6.45, 7) is 2.08. The lowest BCUT2D eigenvalue weighted by Gasteiger charge is -2.18. The first-order valence-electron chi connectivity index (χ1n) is 11.2. The second-order valence-corrected chi connectivity index (χ2v) is 9.07. The average molecular weight is 534 g/mol. The first-order chi connectivity index (χ1) is 14.7. The number of hydrogen-bond acceptors (Lipinski definition) is 3. The Labute approximate surface area is 201 Å². The molecule has 1 aromatic rings. The topological polar surface area (TPSA) is 73.8 Å². The lowest BCUT2D eigenvalue weighted by Crippen LogP contribution is -2.40. The first kappa shape index (κ1) is 22.3. The predicted octanol–water partition coefficient (Wildman–Crippen LogP) is 2.77. The fraction of sp³-hybridized carbons (Fsp3) is 0.542. The highest BCUT2D eigenvalue weighted by molar-refractivity contribution is 14.0. The molecule has 3 fully saturated rings. The number of nitrogens with zero attached hydrogens (tertiary/aromatic N) is 2. The largest absolute Gasteiger partial charge is 0.356 e. The molecule has 3 aliphatic carbocycles. The number of hydrogen-bond donors (Lipinski definition) is 2. The van der Waals surface area contributed by atoms with Gasteiger partial charge in [0.2, 0.25) is 11.8 Å². The monoisotopic (exact) mass is 534 g/mol. The van der Waals surface area contributed by atoms with Crippen molar-refractivity contribution in [2.75, 3.05) is 26.7 Å². The van der Waals surface area contributed by atoms with Gasteiger partial charge in [-0.25, -0.2) is 0 Å². The summed E-state index contributed by atoms with van der Waals surface area (Å²) in [6, 6.07) is 10.7. The van der Waals surface area contributed by atoms with Crippen molar-refractivity contribution in [2.45, 2.75) is 25.2 Å². The van der Waals surface area contributed by atoms with Crippen LogP contribution in [0.1, 0.15) is 30.7 Å². The number of aliphatic imine (C=N–C) groups is 1. The van der Waals surface area contributed by atoms with Gasteiger partial charge in [-0.2, -0.15) is 0 Å². The summed E-state index contributed by atoms with van der Waals surface area (Å²) in [7, 11) is 1.77. The highest BCUT2D eigenvalue weighted by atomic mass is 127. The number of carbonyl (C=O) groups excluding carboxylic acids is 2. The number of guanidine groups is 1. The number of carbonyl (C=O) groups is 2. The van der Waals surface area contributed by atoms with Crippen LogP contribution in [-0.2, 0) is 9.59 Å². The third-order valence-electron chi connectivity index (χ3n) is 7.32. The van der Waals surface area contributed by atoms with Gasteiger partial charge in [-0.1, -0.05) is 42.5 Å². The Hall–Kier alpha value is -1.90. The van der Waals surface area contributed by atoms with Gasteiger partial charge in [-0.15, -0.1) is 24.0 Å². The molecule has 2 amide bonds. The van der Waals surface area contributed by atoms with E-state index in [0.29, 0.717) is 24.9 Å². The lowest BCUT2D eigenvalue weighted by molar-refractivity contribution is -0.140. The zero-order valence-electron chi connectivity index (χ0n) is 17.9. The molecule has 0 spiro atoms. The molecular weight excluding hydrogens is 503 g/mol. The third-order valence-corrected chi connectivity index (χ3v) is 7.32. The summed E-state index contributed by atoms with van der Waals surface area (Å²) in [5.41, 5.74) is 1.42. The first-order valence-corrected chi connectivity index (χ1v) is 11.2. The lowest BCUT2D eigenvalue weighted by atomic mass is 9.85. The van der Waals surface area contributed by atoms with E-state index >= 15 is 0 Å². The molecule has 1 aromatic carbocycles. The number of halogens is 1. The number of benzene rings is 1. The van der Waals surface area contributed by atoms with Gasteiger partial charge in [0.1, 0.15) is 0 Å². The van der Waals surface area contributed by atoms with Gasteiger partial charge in [0.05, 0.1) is 11.8 Å². The summed E-state index contributed by atoms with van der Waals surface area (Å²) in [5.74, 6) is 2.55. The van der Waals surface area contributed by atoms with Crippen LogP contribution in [0.15, 0.2) is 47.5 Å². The smallest absolute Gasteiger partial charge is 0.233 e. The van der Waals surface area contributed by atoms with Crippen LogP contribution in [0.4, 0.5) is 0 Å². The van der Waals surface area contributed by atoms with E-state index < -0.39 is 0 Å². The molecule has 1 aliphatic heterocycles. The average Bonchev–Trinajstić information content (AvgIpc) is 3.12. The summed E-state index contributed by atoms with van der Waals surface area (Å²) >= 11 is 0. The van der Waals surface area contributed by atoms with Gasteiger partial charge in [-0.05, 0) is 48.5 Å². The van der Waals surface area contributed by atoms with Gasteiger partial charge >= 0.3 is 0 Å². The van der Waals surface area contributed by atoms with Crippen LogP contribution >= 0.6 is 24.0 Å². The molecule has 0 radical (unpaired) electrons. The fourth-order valence-electron chi connectivity index (χ4n) is 5.66. The highest BCUT2D eigenvalue weighted by Crippen LogP contribution is 2.52. The second-order valence-electron chi connectivity index (χ2n) is 9.07. The van der Waals surface area contributed by atoms with Crippen molar-refractivity contribution in [3.63, 3.8) is 0 Å². The van der Waals surface area contributed by atoms with E-state index in [1.54, 1.807) is 7.05 Å². The zero-order chi connectivity index (χ0) is 20.7. The molecule has 1 saturated heterocycles. The number of nitrogens with one attached hydrogen (secondary N) is 2. The molecule has 1 heterocycles. The Balaban J connectivity index is 0.00000231. The van der Waals surface area contributed by atoms with Crippen molar-refractivity contribution in [2.24, 2.45) is 34.6 Å². The molecule has 7 heteroatoms. The van der Waals surface area contributed by atoms with Crippen LogP contribution in [0.25, 0.3) is 0 Å². The minimum absolute atomic E-state index is 0. The van der Waals surface area contributed by atoms with E-state index in [1.807, 2.05) is 0 Å². The van der Waals surface area contributed by atoms with Crippen LogP contribution in [-0.4, -0.2) is 49.4 Å². The number of fused-ring (bicyclic) bond motifs is 5. The fourth-order valence-corrected chi connectivity index (χ4v) is 5.66. The van der Waals surface area contributed by atoms with Crippen LogP contribution in [0.5, 0.6) is 0 Å².